The van der Waals surface area contributed by atoms with E-state index in [2.05, 4.69) is 50.0 Å². The number of aryl methyl sites for hydroxylation is 2. The highest BCUT2D eigenvalue weighted by Crippen LogP contribution is 2.22. The number of hydrogen-bond acceptors (Lipinski definition) is 3. The first-order valence-corrected chi connectivity index (χ1v) is 8.92. The number of likely N-dealkylation sites (tertiary alicyclic amines) is 1. The SMILES string of the molecule is Cc1nncn1CCN1CCC(CCCc2ccccc2)CC1. The predicted octanol–water partition coefficient (Wildman–Crippen LogP) is 3.32. The molecular formula is C19H28N4. The Hall–Kier alpha value is -1.68. The Morgan fingerprint density at radius 1 is 1.09 bits per heavy atom. The number of nitrogens with zero attached hydrogens (tertiary/aromatic N) is 4. The molecule has 0 saturated carbocycles. The van der Waals surface area contributed by atoms with Crippen molar-refractivity contribution in [2.24, 2.45) is 5.92 Å². The highest BCUT2D eigenvalue weighted by molar-refractivity contribution is 5.14. The second-order valence-corrected chi connectivity index (χ2v) is 6.73. The summed E-state index contributed by atoms with van der Waals surface area (Å²) in [6.45, 7) is 6.65. The first-order chi connectivity index (χ1) is 11.3. The number of benzene rings is 1. The third-order valence-corrected chi connectivity index (χ3v) is 5.09. The quantitative estimate of drug-likeness (QED) is 0.786. The monoisotopic (exact) mass is 312 g/mol. The van der Waals surface area contributed by atoms with Crippen LogP contribution in [0, 0.1) is 12.8 Å². The molecule has 0 unspecified atom stereocenters. The summed E-state index contributed by atoms with van der Waals surface area (Å²) >= 11 is 0. The van der Waals surface area contributed by atoms with Gasteiger partial charge in [-0.25, -0.2) is 0 Å². The first kappa shape index (κ1) is 16.2. The topological polar surface area (TPSA) is 34.0 Å². The molecular weight excluding hydrogens is 284 g/mol. The first-order valence-electron chi connectivity index (χ1n) is 8.92. The van der Waals surface area contributed by atoms with E-state index in [0.717, 1.165) is 24.8 Å². The zero-order chi connectivity index (χ0) is 15.9. The van der Waals surface area contributed by atoms with Crippen LogP contribution >= 0.6 is 0 Å². The Morgan fingerprint density at radius 3 is 2.57 bits per heavy atom. The van der Waals surface area contributed by atoms with Crippen LogP contribution in [0.1, 0.15) is 37.1 Å². The number of aromatic nitrogens is 3. The van der Waals surface area contributed by atoms with Crippen molar-refractivity contribution in [3.63, 3.8) is 0 Å². The summed E-state index contributed by atoms with van der Waals surface area (Å²) in [5.41, 5.74) is 1.48. The van der Waals surface area contributed by atoms with Gasteiger partial charge in [0.25, 0.3) is 0 Å². The van der Waals surface area contributed by atoms with Gasteiger partial charge in [-0.05, 0) is 57.2 Å². The van der Waals surface area contributed by atoms with Crippen molar-refractivity contribution in [2.45, 2.75) is 45.6 Å². The summed E-state index contributed by atoms with van der Waals surface area (Å²) < 4.78 is 2.14. The van der Waals surface area contributed by atoms with Crippen molar-refractivity contribution in [1.29, 1.82) is 0 Å². The molecule has 0 amide bonds. The Kier molecular flexibility index (Phi) is 5.81. The zero-order valence-electron chi connectivity index (χ0n) is 14.2. The van der Waals surface area contributed by atoms with E-state index in [-0.39, 0.29) is 0 Å². The summed E-state index contributed by atoms with van der Waals surface area (Å²) in [6.07, 6.45) is 8.49. The fraction of sp³-hybridized carbons (Fsp3) is 0.579. The molecule has 1 aromatic carbocycles. The zero-order valence-corrected chi connectivity index (χ0v) is 14.2. The minimum atomic E-state index is 0.923. The van der Waals surface area contributed by atoms with Crippen molar-refractivity contribution in [3.05, 3.63) is 48.0 Å². The molecule has 1 aliphatic rings. The summed E-state index contributed by atoms with van der Waals surface area (Å²) in [4.78, 5) is 2.59. The lowest BCUT2D eigenvalue weighted by Gasteiger charge is -2.32. The molecule has 0 aliphatic carbocycles. The molecule has 0 bridgehead atoms. The van der Waals surface area contributed by atoms with Crippen LogP contribution in [0.15, 0.2) is 36.7 Å². The van der Waals surface area contributed by atoms with Crippen molar-refractivity contribution >= 4 is 0 Å². The fourth-order valence-electron chi connectivity index (χ4n) is 3.52. The van der Waals surface area contributed by atoms with Crippen molar-refractivity contribution < 1.29 is 0 Å². The lowest BCUT2D eigenvalue weighted by Crippen LogP contribution is -2.36. The van der Waals surface area contributed by atoms with Crippen LogP contribution < -0.4 is 0 Å². The molecule has 124 valence electrons. The Morgan fingerprint density at radius 2 is 1.87 bits per heavy atom. The van der Waals surface area contributed by atoms with E-state index in [1.165, 1.54) is 50.8 Å². The van der Waals surface area contributed by atoms with Crippen LogP contribution in [0.25, 0.3) is 0 Å². The van der Waals surface area contributed by atoms with Crippen LogP contribution in [-0.4, -0.2) is 39.3 Å². The average Bonchev–Trinajstić information content (AvgIpc) is 3.00. The van der Waals surface area contributed by atoms with Gasteiger partial charge in [-0.2, -0.15) is 0 Å². The van der Waals surface area contributed by atoms with Gasteiger partial charge in [0, 0.05) is 13.1 Å². The fourth-order valence-corrected chi connectivity index (χ4v) is 3.52. The van der Waals surface area contributed by atoms with Gasteiger partial charge >= 0.3 is 0 Å². The van der Waals surface area contributed by atoms with Gasteiger partial charge in [-0.3, -0.25) is 0 Å². The minimum absolute atomic E-state index is 0.923. The van der Waals surface area contributed by atoms with Gasteiger partial charge in [0.15, 0.2) is 0 Å². The minimum Gasteiger partial charge on any atom is -0.317 e. The van der Waals surface area contributed by atoms with E-state index in [4.69, 9.17) is 0 Å². The smallest absolute Gasteiger partial charge is 0.129 e. The standard InChI is InChI=1S/C19H28N4/c1-17-21-20-16-23(17)15-14-22-12-10-19(11-13-22)9-5-8-18-6-3-2-4-7-18/h2-4,6-7,16,19H,5,8-15H2,1H3. The van der Waals surface area contributed by atoms with Crippen LogP contribution in [0.3, 0.4) is 0 Å². The highest BCUT2D eigenvalue weighted by atomic mass is 15.3. The Labute approximate surface area is 139 Å². The molecule has 0 spiro atoms. The molecule has 23 heavy (non-hydrogen) atoms. The van der Waals surface area contributed by atoms with Gasteiger partial charge in [0.1, 0.15) is 12.2 Å². The lowest BCUT2D eigenvalue weighted by molar-refractivity contribution is 0.172. The molecule has 0 radical (unpaired) electrons. The van der Waals surface area contributed by atoms with Crippen LogP contribution in [-0.2, 0) is 13.0 Å². The van der Waals surface area contributed by atoms with Gasteiger partial charge in [-0.15, -0.1) is 10.2 Å². The van der Waals surface area contributed by atoms with Crippen LogP contribution in [0.4, 0.5) is 0 Å². The average molecular weight is 312 g/mol. The second kappa shape index (κ2) is 8.25. The van der Waals surface area contributed by atoms with E-state index >= 15 is 0 Å². The lowest BCUT2D eigenvalue weighted by atomic mass is 9.91. The molecule has 3 rings (SSSR count). The van der Waals surface area contributed by atoms with Crippen molar-refractivity contribution in [3.8, 4) is 0 Å². The third kappa shape index (κ3) is 4.90. The Bertz CT molecular complexity index is 570. The molecule has 1 saturated heterocycles. The van der Waals surface area contributed by atoms with Crippen molar-refractivity contribution in [2.75, 3.05) is 19.6 Å². The summed E-state index contributed by atoms with van der Waals surface area (Å²) in [5, 5.41) is 8.00. The maximum atomic E-state index is 4.05. The molecule has 2 aromatic rings. The molecule has 1 aromatic heterocycles. The molecule has 2 heterocycles. The third-order valence-electron chi connectivity index (χ3n) is 5.09. The molecule has 1 fully saturated rings. The van der Waals surface area contributed by atoms with E-state index in [9.17, 15) is 0 Å². The van der Waals surface area contributed by atoms with Crippen molar-refractivity contribution in [1.82, 2.24) is 19.7 Å². The number of rotatable bonds is 7. The number of piperidine rings is 1. The van der Waals surface area contributed by atoms with E-state index in [1.54, 1.807) is 0 Å². The van der Waals surface area contributed by atoms with Gasteiger partial charge in [0.2, 0.25) is 0 Å². The van der Waals surface area contributed by atoms with Gasteiger partial charge < -0.3 is 9.47 Å². The van der Waals surface area contributed by atoms with Gasteiger partial charge in [-0.1, -0.05) is 36.8 Å². The molecule has 1 aliphatic heterocycles. The maximum Gasteiger partial charge on any atom is 0.129 e. The highest BCUT2D eigenvalue weighted by Gasteiger charge is 2.18. The van der Waals surface area contributed by atoms with E-state index < -0.39 is 0 Å². The summed E-state index contributed by atoms with van der Waals surface area (Å²) in [7, 11) is 0. The summed E-state index contributed by atoms with van der Waals surface area (Å²) in [5.74, 6) is 1.94. The number of hydrogen-bond donors (Lipinski definition) is 0. The summed E-state index contributed by atoms with van der Waals surface area (Å²) in [6, 6.07) is 10.9. The molecule has 0 N–H and O–H groups in total. The normalized spacial score (nSPS) is 16.7. The van der Waals surface area contributed by atoms with Crippen LogP contribution in [0.5, 0.6) is 0 Å². The van der Waals surface area contributed by atoms with E-state index in [1.807, 2.05) is 13.3 Å². The maximum absolute atomic E-state index is 4.05. The molecule has 4 nitrogen and oxygen atoms in total. The predicted molar refractivity (Wildman–Crippen MR) is 93.3 cm³/mol. The largest absolute Gasteiger partial charge is 0.317 e. The molecule has 4 heteroatoms. The van der Waals surface area contributed by atoms with Gasteiger partial charge in [0.05, 0.1) is 0 Å². The van der Waals surface area contributed by atoms with Crippen LogP contribution in [0.2, 0.25) is 0 Å². The molecule has 0 atom stereocenters. The Balaban J connectivity index is 1.31. The van der Waals surface area contributed by atoms with E-state index in [0.29, 0.717) is 0 Å². The second-order valence-electron chi connectivity index (χ2n) is 6.73.